The van der Waals surface area contributed by atoms with E-state index in [1.807, 2.05) is 12.1 Å². The van der Waals surface area contributed by atoms with Crippen LogP contribution in [-0.4, -0.2) is 55.1 Å². The fourth-order valence-corrected chi connectivity index (χ4v) is 5.31. The number of carbonyl (C=O) groups is 3. The number of methoxy groups -OCH3 is 1. The fourth-order valence-electron chi connectivity index (χ4n) is 5.31. The molecule has 2 N–H and O–H groups in total. The zero-order chi connectivity index (χ0) is 25.0. The van der Waals surface area contributed by atoms with E-state index in [9.17, 15) is 14.4 Å². The number of anilines is 1. The van der Waals surface area contributed by atoms with E-state index in [0.29, 0.717) is 18.8 Å². The van der Waals surface area contributed by atoms with E-state index < -0.39 is 6.04 Å². The number of ether oxygens (including phenoxy) is 1. The van der Waals surface area contributed by atoms with Crippen molar-refractivity contribution >= 4 is 23.5 Å². The lowest BCUT2D eigenvalue weighted by atomic mass is 9.82. The third-order valence-electron chi connectivity index (χ3n) is 7.48. The molecule has 0 bridgehead atoms. The van der Waals surface area contributed by atoms with Crippen LogP contribution in [0.2, 0.25) is 0 Å². The number of amides is 2. The van der Waals surface area contributed by atoms with Crippen LogP contribution >= 0.6 is 0 Å². The zero-order valence-electron chi connectivity index (χ0n) is 21.3. The van der Waals surface area contributed by atoms with Crippen molar-refractivity contribution in [3.8, 4) is 0 Å². The molecule has 2 heterocycles. The highest BCUT2D eigenvalue weighted by molar-refractivity contribution is 5.84. The number of esters is 1. The molecule has 1 aromatic heterocycles. The van der Waals surface area contributed by atoms with Gasteiger partial charge >= 0.3 is 5.97 Å². The molecule has 2 aliphatic rings. The quantitative estimate of drug-likeness (QED) is 0.366. The van der Waals surface area contributed by atoms with E-state index in [1.165, 1.54) is 12.8 Å². The maximum absolute atomic E-state index is 12.9. The van der Waals surface area contributed by atoms with Gasteiger partial charge in [-0.25, -0.2) is 4.79 Å². The van der Waals surface area contributed by atoms with E-state index in [-0.39, 0.29) is 29.7 Å². The fraction of sp³-hybridized carbons (Fsp3) is 0.704. The lowest BCUT2D eigenvalue weighted by molar-refractivity contribution is -0.145. The molecule has 8 heteroatoms. The average molecular weight is 487 g/mol. The Kier molecular flexibility index (Phi) is 10.8. The molecular weight excluding hydrogens is 444 g/mol. The number of unbranched alkanes of at least 4 members (excludes halogenated alkanes) is 2. The number of hydrogen-bond acceptors (Lipinski definition) is 6. The minimum atomic E-state index is -0.587. The first-order chi connectivity index (χ1) is 17.0. The second kappa shape index (κ2) is 14.0. The number of carbonyl (C=O) groups excluding carboxylic acids is 3. The summed E-state index contributed by atoms with van der Waals surface area (Å²) in [5, 5.41) is 6.17. The predicted molar refractivity (Wildman–Crippen MR) is 136 cm³/mol. The number of piperidine rings is 1. The summed E-state index contributed by atoms with van der Waals surface area (Å²) in [5.74, 6) is 0.131. The van der Waals surface area contributed by atoms with Crippen molar-refractivity contribution in [1.82, 2.24) is 15.6 Å². The van der Waals surface area contributed by atoms with Crippen LogP contribution in [0.5, 0.6) is 0 Å². The van der Waals surface area contributed by atoms with E-state index >= 15 is 0 Å². The topological polar surface area (TPSA) is 101 Å². The zero-order valence-corrected chi connectivity index (χ0v) is 21.3. The molecule has 0 aromatic carbocycles. The van der Waals surface area contributed by atoms with Crippen LogP contribution in [0.3, 0.4) is 0 Å². The minimum Gasteiger partial charge on any atom is -0.467 e. The Hall–Kier alpha value is -2.64. The summed E-state index contributed by atoms with van der Waals surface area (Å²) in [7, 11) is 1.37. The van der Waals surface area contributed by atoms with Crippen LogP contribution in [0.1, 0.15) is 77.6 Å². The number of aromatic nitrogens is 1. The summed E-state index contributed by atoms with van der Waals surface area (Å²) in [5.41, 5.74) is 1.17. The van der Waals surface area contributed by atoms with Gasteiger partial charge in [0.1, 0.15) is 6.04 Å². The highest BCUT2D eigenvalue weighted by atomic mass is 16.5. The van der Waals surface area contributed by atoms with E-state index in [1.54, 1.807) is 12.4 Å². The summed E-state index contributed by atoms with van der Waals surface area (Å²) in [6.45, 7) is 3.86. The first kappa shape index (κ1) is 27.0. The third-order valence-corrected chi connectivity index (χ3v) is 7.48. The number of rotatable bonds is 11. The molecule has 1 atom stereocenters. The predicted octanol–water partition coefficient (Wildman–Crippen LogP) is 3.60. The molecule has 2 amide bonds. The van der Waals surface area contributed by atoms with E-state index in [2.05, 4.69) is 27.4 Å². The number of pyridine rings is 1. The lowest BCUT2D eigenvalue weighted by Crippen LogP contribution is -2.46. The largest absolute Gasteiger partial charge is 0.467 e. The van der Waals surface area contributed by atoms with Crippen molar-refractivity contribution in [3.05, 3.63) is 24.5 Å². The Bertz CT molecular complexity index is 803. The Balaban J connectivity index is 1.38. The van der Waals surface area contributed by atoms with Crippen LogP contribution in [-0.2, 0) is 19.1 Å². The number of nitrogens with zero attached hydrogens (tertiary/aromatic N) is 2. The van der Waals surface area contributed by atoms with E-state index in [4.69, 9.17) is 4.74 Å². The van der Waals surface area contributed by atoms with Gasteiger partial charge in [0.15, 0.2) is 0 Å². The Morgan fingerprint density at radius 2 is 1.74 bits per heavy atom. The molecule has 2 fully saturated rings. The standard InChI is InChI=1S/C27H42N4O4/c1-3-4-5-6-25(32)30-24(27(34)35-2)19-20-7-9-22(10-8-20)29-26(33)21-13-17-31(18-14-21)23-11-15-28-16-12-23/h11-12,15-16,20-22,24H,3-10,13-14,17-19H2,1-2H3,(H,29,33)(H,30,32). The van der Waals surface area contributed by atoms with Crippen molar-refractivity contribution in [1.29, 1.82) is 0 Å². The van der Waals surface area contributed by atoms with Gasteiger partial charge in [0.05, 0.1) is 7.11 Å². The summed E-state index contributed by atoms with van der Waals surface area (Å²) in [6, 6.07) is 3.64. The Morgan fingerprint density at radius 1 is 1.06 bits per heavy atom. The van der Waals surface area contributed by atoms with Crippen LogP contribution < -0.4 is 15.5 Å². The van der Waals surface area contributed by atoms with Gasteiger partial charge in [-0.2, -0.15) is 0 Å². The normalized spacial score (nSPS) is 21.7. The van der Waals surface area contributed by atoms with Crippen molar-refractivity contribution in [2.75, 3.05) is 25.1 Å². The smallest absolute Gasteiger partial charge is 0.328 e. The van der Waals surface area contributed by atoms with Crippen molar-refractivity contribution < 1.29 is 19.1 Å². The van der Waals surface area contributed by atoms with Crippen molar-refractivity contribution in [2.24, 2.45) is 11.8 Å². The molecule has 1 aliphatic heterocycles. The van der Waals surface area contributed by atoms with Gasteiger partial charge in [0.2, 0.25) is 11.8 Å². The molecule has 0 spiro atoms. The molecule has 194 valence electrons. The SMILES string of the molecule is CCCCCC(=O)NC(CC1CCC(NC(=O)C2CCN(c3ccncc3)CC2)CC1)C(=O)OC. The highest BCUT2D eigenvalue weighted by Gasteiger charge is 2.31. The average Bonchev–Trinajstić information content (AvgIpc) is 2.89. The van der Waals surface area contributed by atoms with Crippen LogP contribution in [0.15, 0.2) is 24.5 Å². The van der Waals surface area contributed by atoms with Crippen LogP contribution in [0.4, 0.5) is 5.69 Å². The van der Waals surface area contributed by atoms with Gasteiger partial charge in [0.25, 0.3) is 0 Å². The van der Waals surface area contributed by atoms with E-state index in [0.717, 1.165) is 70.9 Å². The lowest BCUT2D eigenvalue weighted by Gasteiger charge is -2.35. The molecule has 1 unspecified atom stereocenters. The molecule has 1 aliphatic carbocycles. The maximum atomic E-state index is 12.9. The molecule has 35 heavy (non-hydrogen) atoms. The third kappa shape index (κ3) is 8.51. The molecule has 1 saturated heterocycles. The van der Waals surface area contributed by atoms with Gasteiger partial charge < -0.3 is 20.3 Å². The summed E-state index contributed by atoms with van der Waals surface area (Å²) >= 11 is 0. The van der Waals surface area contributed by atoms with Crippen LogP contribution in [0, 0.1) is 11.8 Å². The maximum Gasteiger partial charge on any atom is 0.328 e. The van der Waals surface area contributed by atoms with Gasteiger partial charge in [0, 0.05) is 49.6 Å². The minimum absolute atomic E-state index is 0.0671. The van der Waals surface area contributed by atoms with Gasteiger partial charge in [-0.15, -0.1) is 0 Å². The molecule has 8 nitrogen and oxygen atoms in total. The monoisotopic (exact) mass is 486 g/mol. The summed E-state index contributed by atoms with van der Waals surface area (Å²) in [4.78, 5) is 43.8. The number of nitrogens with one attached hydrogen (secondary N) is 2. The molecule has 3 rings (SSSR count). The first-order valence-electron chi connectivity index (χ1n) is 13.3. The number of hydrogen-bond donors (Lipinski definition) is 2. The Morgan fingerprint density at radius 3 is 2.37 bits per heavy atom. The second-order valence-corrected chi connectivity index (χ2v) is 10.0. The molecule has 1 saturated carbocycles. The molecule has 0 radical (unpaired) electrons. The van der Waals surface area contributed by atoms with Crippen molar-refractivity contribution in [2.45, 2.75) is 89.6 Å². The highest BCUT2D eigenvalue weighted by Crippen LogP contribution is 2.29. The first-order valence-corrected chi connectivity index (χ1v) is 13.3. The van der Waals surface area contributed by atoms with Gasteiger partial charge in [-0.05, 0) is 69.4 Å². The Labute approximate surface area is 209 Å². The summed E-state index contributed by atoms with van der Waals surface area (Å²) in [6.07, 6.45) is 13.0. The van der Waals surface area contributed by atoms with Gasteiger partial charge in [-0.3, -0.25) is 14.6 Å². The summed E-state index contributed by atoms with van der Waals surface area (Å²) < 4.78 is 4.94. The molecular formula is C27H42N4O4. The van der Waals surface area contributed by atoms with Gasteiger partial charge in [-0.1, -0.05) is 19.8 Å². The van der Waals surface area contributed by atoms with Crippen molar-refractivity contribution in [3.63, 3.8) is 0 Å². The molecule has 1 aromatic rings. The van der Waals surface area contributed by atoms with Crippen LogP contribution in [0.25, 0.3) is 0 Å². The second-order valence-electron chi connectivity index (χ2n) is 10.0.